The molecule has 0 bridgehead atoms. The second-order valence-corrected chi connectivity index (χ2v) is 9.46. The lowest BCUT2D eigenvalue weighted by atomic mass is 10.2. The van der Waals surface area contributed by atoms with Gasteiger partial charge < -0.3 is 19.5 Å². The molecule has 2 rings (SSSR count). The van der Waals surface area contributed by atoms with E-state index in [4.69, 9.17) is 17.0 Å². The monoisotopic (exact) mass is 450 g/mol. The second-order valence-electron chi connectivity index (χ2n) is 7.19. The number of nitrogens with zero attached hydrogens (tertiary/aromatic N) is 3. The van der Waals surface area contributed by atoms with E-state index in [9.17, 15) is 8.42 Å². The fraction of sp³-hybridized carbons (Fsp3) is 0.429. The van der Waals surface area contributed by atoms with Gasteiger partial charge in [0.15, 0.2) is 5.11 Å². The van der Waals surface area contributed by atoms with Crippen LogP contribution < -0.4 is 5.32 Å². The van der Waals surface area contributed by atoms with E-state index in [2.05, 4.69) is 16.9 Å². The molecule has 0 saturated carbocycles. The third-order valence-corrected chi connectivity index (χ3v) is 6.28. The minimum Gasteiger partial charge on any atom is -0.383 e. The molecule has 0 radical (unpaired) electrons. The number of imidazole rings is 1. The molecule has 0 aliphatic rings. The van der Waals surface area contributed by atoms with Crippen LogP contribution in [0.3, 0.4) is 0 Å². The van der Waals surface area contributed by atoms with E-state index in [1.807, 2.05) is 36.9 Å². The molecular formula is C21H30N4O3S2. The van der Waals surface area contributed by atoms with Crippen molar-refractivity contribution in [1.82, 2.24) is 19.8 Å². The van der Waals surface area contributed by atoms with E-state index in [1.54, 1.807) is 36.1 Å². The minimum atomic E-state index is -3.62. The Morgan fingerprint density at radius 1 is 1.37 bits per heavy atom. The quantitative estimate of drug-likeness (QED) is 0.417. The molecule has 0 aliphatic heterocycles. The first-order valence-electron chi connectivity index (χ1n) is 9.74. The lowest BCUT2D eigenvalue weighted by Gasteiger charge is -2.27. The Hall–Kier alpha value is -2.23. The second kappa shape index (κ2) is 11.2. The molecule has 0 aliphatic carbocycles. The highest BCUT2D eigenvalue weighted by Crippen LogP contribution is 2.19. The van der Waals surface area contributed by atoms with Gasteiger partial charge in [-0.15, -0.1) is 6.58 Å². The normalized spacial score (nSPS) is 11.5. The minimum absolute atomic E-state index is 0.0377. The molecule has 0 atom stereocenters. The van der Waals surface area contributed by atoms with Crippen molar-refractivity contribution in [3.63, 3.8) is 0 Å². The summed E-state index contributed by atoms with van der Waals surface area (Å²) >= 11 is 5.53. The van der Waals surface area contributed by atoms with Gasteiger partial charge >= 0.3 is 0 Å². The predicted octanol–water partition coefficient (Wildman–Crippen LogP) is 2.77. The fourth-order valence-corrected chi connectivity index (χ4v) is 4.83. The van der Waals surface area contributed by atoms with Crippen molar-refractivity contribution in [2.45, 2.75) is 43.9 Å². The standard InChI is InChI=1S/C21H30N4O3S2/c1-5-11-25-19(15-24(12-13-28-4)20(29)23-17(2)3)14-22-21(25)30(26,27)16-18-9-7-6-8-10-18/h5-10,14,17H,1,11-13,15-16H2,2-4H3,(H,23,29). The zero-order valence-electron chi connectivity index (χ0n) is 17.7. The summed E-state index contributed by atoms with van der Waals surface area (Å²) in [5.74, 6) is -0.109. The molecule has 30 heavy (non-hydrogen) atoms. The molecule has 9 heteroatoms. The summed E-state index contributed by atoms with van der Waals surface area (Å²) in [6.45, 7) is 9.60. The van der Waals surface area contributed by atoms with Gasteiger partial charge in [-0.3, -0.25) is 0 Å². The van der Waals surface area contributed by atoms with Gasteiger partial charge in [-0.05, 0) is 31.6 Å². The number of nitrogens with one attached hydrogen (secondary N) is 1. The Balaban J connectivity index is 2.33. The van der Waals surface area contributed by atoms with Gasteiger partial charge in [-0.1, -0.05) is 36.4 Å². The average Bonchev–Trinajstić information content (AvgIpc) is 3.08. The van der Waals surface area contributed by atoms with Crippen LogP contribution in [0.15, 0.2) is 54.3 Å². The van der Waals surface area contributed by atoms with Gasteiger partial charge in [-0.2, -0.15) is 0 Å². The zero-order valence-corrected chi connectivity index (χ0v) is 19.4. The van der Waals surface area contributed by atoms with Crippen molar-refractivity contribution in [2.75, 3.05) is 20.3 Å². The van der Waals surface area contributed by atoms with Crippen molar-refractivity contribution < 1.29 is 13.2 Å². The number of thiocarbonyl (C=S) groups is 1. The van der Waals surface area contributed by atoms with E-state index in [-0.39, 0.29) is 17.0 Å². The van der Waals surface area contributed by atoms with Gasteiger partial charge in [0.05, 0.1) is 30.8 Å². The van der Waals surface area contributed by atoms with E-state index >= 15 is 0 Å². The maximum absolute atomic E-state index is 13.1. The summed E-state index contributed by atoms with van der Waals surface area (Å²) < 4.78 is 33.0. The highest BCUT2D eigenvalue weighted by atomic mass is 32.2. The van der Waals surface area contributed by atoms with Crippen molar-refractivity contribution >= 4 is 27.2 Å². The van der Waals surface area contributed by atoms with E-state index < -0.39 is 9.84 Å². The highest BCUT2D eigenvalue weighted by molar-refractivity contribution is 7.90. The van der Waals surface area contributed by atoms with Gasteiger partial charge in [0, 0.05) is 26.2 Å². The summed E-state index contributed by atoms with van der Waals surface area (Å²) in [6.07, 6.45) is 3.26. The Kier molecular flexibility index (Phi) is 9.01. The molecule has 1 heterocycles. The smallest absolute Gasteiger partial charge is 0.228 e. The summed E-state index contributed by atoms with van der Waals surface area (Å²) in [5, 5.41) is 3.85. The van der Waals surface area contributed by atoms with Crippen LogP contribution in [0.1, 0.15) is 25.1 Å². The first-order valence-corrected chi connectivity index (χ1v) is 11.8. The molecule has 1 N–H and O–H groups in total. The van der Waals surface area contributed by atoms with Crippen LogP contribution in [0.5, 0.6) is 0 Å². The maximum Gasteiger partial charge on any atom is 0.228 e. The average molecular weight is 451 g/mol. The van der Waals surface area contributed by atoms with Crippen molar-refractivity contribution in [3.05, 3.63) is 60.4 Å². The molecule has 0 fully saturated rings. The van der Waals surface area contributed by atoms with Crippen LogP contribution >= 0.6 is 12.2 Å². The summed E-state index contributed by atoms with van der Waals surface area (Å²) in [7, 11) is -1.99. The van der Waals surface area contributed by atoms with Crippen molar-refractivity contribution in [3.8, 4) is 0 Å². The van der Waals surface area contributed by atoms with E-state index in [0.29, 0.717) is 31.4 Å². The van der Waals surface area contributed by atoms with Crippen molar-refractivity contribution in [1.29, 1.82) is 0 Å². The number of rotatable bonds is 11. The molecule has 1 aromatic carbocycles. The number of methoxy groups -OCH3 is 1. The van der Waals surface area contributed by atoms with E-state index in [0.717, 1.165) is 11.3 Å². The van der Waals surface area contributed by atoms with Gasteiger partial charge in [0.1, 0.15) is 0 Å². The molecule has 1 aromatic heterocycles. The molecule has 164 valence electrons. The van der Waals surface area contributed by atoms with Crippen LogP contribution in [0.4, 0.5) is 0 Å². The van der Waals surface area contributed by atoms with Crippen LogP contribution in [0, 0.1) is 0 Å². The predicted molar refractivity (Wildman–Crippen MR) is 123 cm³/mol. The molecule has 0 amide bonds. The van der Waals surface area contributed by atoms with Crippen LogP contribution in [-0.4, -0.2) is 54.3 Å². The molecular weight excluding hydrogens is 420 g/mol. The maximum atomic E-state index is 13.1. The molecule has 2 aromatic rings. The summed E-state index contributed by atoms with van der Waals surface area (Å²) in [6, 6.07) is 9.27. The summed E-state index contributed by atoms with van der Waals surface area (Å²) in [4.78, 5) is 6.21. The topological polar surface area (TPSA) is 76.5 Å². The number of hydrogen-bond donors (Lipinski definition) is 1. The number of hydrogen-bond acceptors (Lipinski definition) is 5. The van der Waals surface area contributed by atoms with Gasteiger partial charge in [0.2, 0.25) is 15.0 Å². The zero-order chi connectivity index (χ0) is 22.1. The van der Waals surface area contributed by atoms with Crippen LogP contribution in [0.25, 0.3) is 0 Å². The third-order valence-electron chi connectivity index (χ3n) is 4.31. The Bertz CT molecular complexity index is 940. The van der Waals surface area contributed by atoms with Gasteiger partial charge in [0.25, 0.3) is 0 Å². The largest absolute Gasteiger partial charge is 0.383 e. The van der Waals surface area contributed by atoms with Crippen LogP contribution in [-0.2, 0) is 33.4 Å². The van der Waals surface area contributed by atoms with Gasteiger partial charge in [-0.25, -0.2) is 13.4 Å². The Labute approximate surface area is 184 Å². The molecule has 0 spiro atoms. The first-order chi connectivity index (χ1) is 14.3. The Morgan fingerprint density at radius 2 is 2.07 bits per heavy atom. The SMILES string of the molecule is C=CCn1c(CN(CCOC)C(=S)NC(C)C)cnc1S(=O)(=O)Cc1ccccc1. The highest BCUT2D eigenvalue weighted by Gasteiger charge is 2.24. The lowest BCUT2D eigenvalue weighted by Crippen LogP contribution is -2.44. The number of allylic oxidation sites excluding steroid dienone is 1. The third kappa shape index (κ3) is 6.65. The first kappa shape index (κ1) is 24.0. The number of ether oxygens (including phenoxy) is 1. The number of benzene rings is 1. The summed E-state index contributed by atoms with van der Waals surface area (Å²) in [5.41, 5.74) is 1.46. The fourth-order valence-electron chi connectivity index (χ4n) is 2.94. The Morgan fingerprint density at radius 3 is 2.67 bits per heavy atom. The number of aromatic nitrogens is 2. The van der Waals surface area contributed by atoms with Crippen LogP contribution in [0.2, 0.25) is 0 Å². The van der Waals surface area contributed by atoms with Crippen molar-refractivity contribution in [2.24, 2.45) is 0 Å². The molecule has 7 nitrogen and oxygen atoms in total. The lowest BCUT2D eigenvalue weighted by molar-refractivity contribution is 0.172. The van der Waals surface area contributed by atoms with E-state index in [1.165, 1.54) is 0 Å². The molecule has 0 unspecified atom stereocenters. The molecule has 0 saturated heterocycles. The number of sulfone groups is 1.